The lowest BCUT2D eigenvalue weighted by Crippen LogP contribution is -2.38. The van der Waals surface area contributed by atoms with Crippen molar-refractivity contribution in [2.75, 3.05) is 13.2 Å². The summed E-state index contributed by atoms with van der Waals surface area (Å²) in [5.74, 6) is 0.0653. The van der Waals surface area contributed by atoms with Crippen LogP contribution in [-0.2, 0) is 23.8 Å². The monoisotopic (exact) mass is 482 g/mol. The van der Waals surface area contributed by atoms with Crippen molar-refractivity contribution in [2.45, 2.75) is 122 Å². The summed E-state index contributed by atoms with van der Waals surface area (Å²) in [6.07, 6.45) is 9.43. The Kier molecular flexibility index (Phi) is 12.7. The number of ketones is 1. The predicted octanol–water partition coefficient (Wildman–Crippen LogP) is 4.13. The summed E-state index contributed by atoms with van der Waals surface area (Å²) in [4.78, 5) is 23.0. The average Bonchev–Trinajstić information content (AvgIpc) is 3.52. The van der Waals surface area contributed by atoms with Crippen molar-refractivity contribution in [3.63, 3.8) is 0 Å². The minimum absolute atomic E-state index is 0.0378. The number of unbranched alkanes of at least 4 members (excludes halogenated alkanes) is 5. The van der Waals surface area contributed by atoms with E-state index in [0.717, 1.165) is 50.5 Å². The maximum atomic E-state index is 12.1. The Morgan fingerprint density at radius 1 is 1.09 bits per heavy atom. The van der Waals surface area contributed by atoms with Crippen LogP contribution in [0, 0.1) is 11.8 Å². The summed E-state index contributed by atoms with van der Waals surface area (Å²) in [5.41, 5.74) is 0.891. The molecule has 0 aromatic rings. The average molecular weight is 483 g/mol. The number of Topliss-reactive ketones (excluding diaryl/α,β-unsaturated/α-hetero) is 1. The van der Waals surface area contributed by atoms with Crippen molar-refractivity contribution in [2.24, 2.45) is 11.8 Å². The fourth-order valence-electron chi connectivity index (χ4n) is 4.67. The van der Waals surface area contributed by atoms with Crippen LogP contribution in [0.15, 0.2) is 11.6 Å². The number of aliphatic hydroxyl groups excluding tert-OH is 2. The number of epoxide rings is 1. The van der Waals surface area contributed by atoms with Gasteiger partial charge >= 0.3 is 5.97 Å². The summed E-state index contributed by atoms with van der Waals surface area (Å²) in [7, 11) is 0. The molecule has 34 heavy (non-hydrogen) atoms. The second kappa shape index (κ2) is 15.0. The third-order valence-corrected chi connectivity index (χ3v) is 7.11. The van der Waals surface area contributed by atoms with E-state index in [1.54, 1.807) is 13.8 Å². The van der Waals surface area contributed by atoms with Gasteiger partial charge in [-0.25, -0.2) is 4.79 Å². The molecule has 0 saturated carbocycles. The van der Waals surface area contributed by atoms with Crippen molar-refractivity contribution in [1.82, 2.24) is 0 Å². The summed E-state index contributed by atoms with van der Waals surface area (Å²) in [6, 6.07) is 0. The molecule has 2 saturated heterocycles. The number of hydrogen-bond donors (Lipinski definition) is 2. The highest BCUT2D eigenvalue weighted by Crippen LogP contribution is 2.38. The summed E-state index contributed by atoms with van der Waals surface area (Å²) in [5, 5.41) is 20.3. The first-order chi connectivity index (χ1) is 16.2. The first-order valence-corrected chi connectivity index (χ1v) is 13.1. The van der Waals surface area contributed by atoms with Gasteiger partial charge in [0.2, 0.25) is 0 Å². The SMILES string of the molecule is CC(=O)CCCCCCCCOC(=O)/C=C(\C)C[C@@H]1C[C@@H](O)[C@H](CC2O[C@@H]2[C@H](C)C(C)O)CO1. The van der Waals surface area contributed by atoms with Gasteiger partial charge in [0.05, 0.1) is 43.7 Å². The molecule has 7 atom stereocenters. The number of rotatable bonds is 16. The molecule has 2 unspecified atom stereocenters. The molecule has 0 amide bonds. The molecule has 2 aliphatic heterocycles. The van der Waals surface area contributed by atoms with Gasteiger partial charge in [-0.15, -0.1) is 0 Å². The predicted molar refractivity (Wildman–Crippen MR) is 130 cm³/mol. The van der Waals surface area contributed by atoms with Crippen LogP contribution in [0.5, 0.6) is 0 Å². The number of carbonyl (C=O) groups excluding carboxylic acids is 2. The summed E-state index contributed by atoms with van der Waals surface area (Å²) in [6.45, 7) is 8.19. The Labute approximate surface area is 205 Å². The summed E-state index contributed by atoms with van der Waals surface area (Å²) < 4.78 is 17.0. The number of aliphatic hydroxyl groups is 2. The van der Waals surface area contributed by atoms with Crippen LogP contribution < -0.4 is 0 Å². The quantitative estimate of drug-likeness (QED) is 0.147. The van der Waals surface area contributed by atoms with Crippen molar-refractivity contribution < 1.29 is 34.0 Å². The van der Waals surface area contributed by atoms with Gasteiger partial charge < -0.3 is 29.2 Å². The van der Waals surface area contributed by atoms with E-state index >= 15 is 0 Å². The van der Waals surface area contributed by atoms with E-state index in [0.29, 0.717) is 32.5 Å². The van der Waals surface area contributed by atoms with Crippen LogP contribution in [0.25, 0.3) is 0 Å². The van der Waals surface area contributed by atoms with E-state index in [-0.39, 0.29) is 41.9 Å². The van der Waals surface area contributed by atoms with Crippen LogP contribution >= 0.6 is 0 Å². The number of ether oxygens (including phenoxy) is 3. The van der Waals surface area contributed by atoms with Crippen molar-refractivity contribution >= 4 is 11.8 Å². The molecule has 0 aliphatic carbocycles. The Hall–Kier alpha value is -1.28. The second-order valence-electron chi connectivity index (χ2n) is 10.4. The Morgan fingerprint density at radius 3 is 2.41 bits per heavy atom. The zero-order valence-corrected chi connectivity index (χ0v) is 21.5. The van der Waals surface area contributed by atoms with E-state index < -0.39 is 12.2 Å². The highest BCUT2D eigenvalue weighted by Gasteiger charge is 2.46. The number of carbonyl (C=O) groups is 2. The van der Waals surface area contributed by atoms with Gasteiger partial charge in [-0.2, -0.15) is 0 Å². The molecule has 196 valence electrons. The molecule has 2 rings (SSSR count). The van der Waals surface area contributed by atoms with Gasteiger partial charge in [0, 0.05) is 30.8 Å². The van der Waals surface area contributed by atoms with E-state index in [1.807, 2.05) is 13.8 Å². The minimum atomic E-state index is -0.451. The lowest BCUT2D eigenvalue weighted by atomic mass is 9.87. The summed E-state index contributed by atoms with van der Waals surface area (Å²) >= 11 is 0. The van der Waals surface area contributed by atoms with Crippen molar-refractivity contribution in [1.29, 1.82) is 0 Å². The zero-order valence-electron chi connectivity index (χ0n) is 21.5. The second-order valence-corrected chi connectivity index (χ2v) is 10.4. The van der Waals surface area contributed by atoms with Gasteiger partial charge in [-0.1, -0.05) is 38.2 Å². The van der Waals surface area contributed by atoms with Crippen molar-refractivity contribution in [3.8, 4) is 0 Å². The maximum Gasteiger partial charge on any atom is 0.330 e. The molecular formula is C27H46O7. The molecule has 7 nitrogen and oxygen atoms in total. The molecule has 0 radical (unpaired) electrons. The van der Waals surface area contributed by atoms with Gasteiger partial charge in [-0.3, -0.25) is 0 Å². The smallest absolute Gasteiger partial charge is 0.330 e. The molecule has 0 aromatic carbocycles. The molecule has 2 heterocycles. The fourth-order valence-corrected chi connectivity index (χ4v) is 4.67. The first-order valence-electron chi connectivity index (χ1n) is 13.1. The Morgan fingerprint density at radius 2 is 1.76 bits per heavy atom. The Balaban J connectivity index is 1.55. The van der Waals surface area contributed by atoms with Crippen LogP contribution in [-0.4, -0.2) is 65.7 Å². The van der Waals surface area contributed by atoms with Gasteiger partial charge in [0.25, 0.3) is 0 Å². The van der Waals surface area contributed by atoms with Crippen LogP contribution in [0.4, 0.5) is 0 Å². The normalized spacial score (nSPS) is 28.9. The largest absolute Gasteiger partial charge is 0.463 e. The molecule has 2 aliphatic rings. The third kappa shape index (κ3) is 11.0. The molecule has 0 bridgehead atoms. The van der Waals surface area contributed by atoms with E-state index in [4.69, 9.17) is 14.2 Å². The third-order valence-electron chi connectivity index (χ3n) is 7.11. The number of esters is 1. The Bertz CT molecular complexity index is 659. The first kappa shape index (κ1) is 29.0. The highest BCUT2D eigenvalue weighted by molar-refractivity contribution is 5.82. The van der Waals surface area contributed by atoms with E-state index in [9.17, 15) is 19.8 Å². The van der Waals surface area contributed by atoms with Crippen LogP contribution in [0.2, 0.25) is 0 Å². The lowest BCUT2D eigenvalue weighted by molar-refractivity contribution is -0.138. The fraction of sp³-hybridized carbons (Fsp3) is 0.852. The maximum absolute atomic E-state index is 12.1. The molecule has 2 fully saturated rings. The van der Waals surface area contributed by atoms with Gasteiger partial charge in [-0.05, 0) is 46.5 Å². The lowest BCUT2D eigenvalue weighted by Gasteiger charge is -2.33. The molecule has 0 aromatic heterocycles. The molecule has 2 N–H and O–H groups in total. The molecule has 7 heteroatoms. The number of hydrogen-bond acceptors (Lipinski definition) is 7. The molecular weight excluding hydrogens is 436 g/mol. The van der Waals surface area contributed by atoms with Crippen LogP contribution in [0.1, 0.15) is 91.9 Å². The highest BCUT2D eigenvalue weighted by atomic mass is 16.6. The van der Waals surface area contributed by atoms with Gasteiger partial charge in [0.15, 0.2) is 0 Å². The van der Waals surface area contributed by atoms with E-state index in [1.165, 1.54) is 6.08 Å². The van der Waals surface area contributed by atoms with Gasteiger partial charge in [0.1, 0.15) is 5.78 Å². The minimum Gasteiger partial charge on any atom is -0.463 e. The topological polar surface area (TPSA) is 106 Å². The molecule has 0 spiro atoms. The van der Waals surface area contributed by atoms with E-state index in [2.05, 4.69) is 0 Å². The zero-order chi connectivity index (χ0) is 25.1. The standard InChI is InChI=1S/C27H46O7/c1-18(14-26(31)32-12-10-8-6-5-7-9-11-19(2)28)13-23-16-24(30)22(17-33-23)15-25-27(34-25)20(3)21(4)29/h14,20-25,27,29-30H,5-13,15-17H2,1-4H3/b18-14+/t20-,21?,22-,23-,24-,25?,27-/m1/s1. The van der Waals surface area contributed by atoms with Crippen LogP contribution in [0.3, 0.4) is 0 Å². The van der Waals surface area contributed by atoms with Crippen molar-refractivity contribution in [3.05, 3.63) is 11.6 Å².